The van der Waals surface area contributed by atoms with Crippen molar-refractivity contribution in [3.8, 4) is 5.69 Å². The van der Waals surface area contributed by atoms with Gasteiger partial charge in [-0.15, -0.1) is 0 Å². The molecule has 0 aliphatic rings. The highest BCUT2D eigenvalue weighted by Crippen LogP contribution is 2.35. The lowest BCUT2D eigenvalue weighted by Gasteiger charge is -2.05. The van der Waals surface area contributed by atoms with Crippen molar-refractivity contribution in [3.05, 3.63) is 39.6 Å². The molecule has 0 unspecified atom stereocenters. The Morgan fingerprint density at radius 3 is 2.35 bits per heavy atom. The molecule has 0 atom stereocenters. The third-order valence-electron chi connectivity index (χ3n) is 2.69. The zero-order valence-corrected chi connectivity index (χ0v) is 14.6. The second-order valence-corrected chi connectivity index (χ2v) is 8.18. The zero-order chi connectivity index (χ0) is 15.1. The third-order valence-corrected chi connectivity index (χ3v) is 5.17. The number of rotatable bonds is 3. The summed E-state index contributed by atoms with van der Waals surface area (Å²) in [6, 6.07) is 7.24. The maximum absolute atomic E-state index is 11.7. The predicted molar refractivity (Wildman–Crippen MR) is 83.4 cm³/mol. The van der Waals surface area contributed by atoms with Crippen LogP contribution in [-0.2, 0) is 9.05 Å². The van der Waals surface area contributed by atoms with E-state index in [1.165, 1.54) is 4.68 Å². The Labute approximate surface area is 135 Å². The highest BCUT2D eigenvalue weighted by Gasteiger charge is 2.28. The third kappa shape index (κ3) is 2.88. The highest BCUT2D eigenvalue weighted by molar-refractivity contribution is 9.10. The molecule has 0 radical (unpaired) electrons. The molecule has 0 saturated heterocycles. The molecule has 0 N–H and O–H groups in total. The van der Waals surface area contributed by atoms with Crippen LogP contribution in [0, 0.1) is 0 Å². The normalized spacial score (nSPS) is 12.1. The monoisotopic (exact) mass is 396 g/mol. The summed E-state index contributed by atoms with van der Waals surface area (Å²) in [6.45, 7) is 3.66. The molecule has 0 bridgehead atoms. The van der Waals surface area contributed by atoms with E-state index in [9.17, 15) is 8.42 Å². The van der Waals surface area contributed by atoms with Crippen molar-refractivity contribution in [2.24, 2.45) is 0 Å². The van der Waals surface area contributed by atoms with Crippen LogP contribution in [0.15, 0.2) is 33.6 Å². The standard InChI is InChI=1S/C12H11BrCl2N2O2S/c1-7(2)10-11(20(15,18)19)12(14)17(16-10)9-6-4-3-5-8(9)13/h3-7H,1-2H3. The number of nitrogens with zero attached hydrogens (tertiary/aromatic N) is 2. The van der Waals surface area contributed by atoms with Crippen molar-refractivity contribution < 1.29 is 8.42 Å². The Balaban J connectivity index is 2.79. The van der Waals surface area contributed by atoms with Crippen LogP contribution in [-0.4, -0.2) is 18.2 Å². The molecule has 0 saturated carbocycles. The molecule has 0 fully saturated rings. The highest BCUT2D eigenvalue weighted by atomic mass is 79.9. The van der Waals surface area contributed by atoms with Gasteiger partial charge in [0.15, 0.2) is 5.15 Å². The van der Waals surface area contributed by atoms with Gasteiger partial charge in [-0.1, -0.05) is 37.6 Å². The molecule has 2 aromatic rings. The lowest BCUT2D eigenvalue weighted by atomic mass is 10.1. The van der Waals surface area contributed by atoms with Gasteiger partial charge in [0.2, 0.25) is 0 Å². The Bertz CT molecular complexity index is 757. The number of hydrogen-bond donors (Lipinski definition) is 0. The average molecular weight is 398 g/mol. The maximum Gasteiger partial charge on any atom is 0.266 e. The van der Waals surface area contributed by atoms with Crippen LogP contribution in [0.3, 0.4) is 0 Å². The first-order valence-electron chi connectivity index (χ1n) is 5.71. The van der Waals surface area contributed by atoms with Gasteiger partial charge in [-0.25, -0.2) is 13.1 Å². The summed E-state index contributed by atoms with van der Waals surface area (Å²) in [6.07, 6.45) is 0. The molecule has 0 aliphatic carbocycles. The number of benzene rings is 1. The summed E-state index contributed by atoms with van der Waals surface area (Å²) in [4.78, 5) is -0.133. The molecule has 2 rings (SSSR count). The SMILES string of the molecule is CC(C)c1nn(-c2ccccc2Br)c(Cl)c1S(=O)(=O)Cl. The molecule has 0 aliphatic heterocycles. The Hall–Kier alpha value is -0.560. The molecule has 1 heterocycles. The summed E-state index contributed by atoms with van der Waals surface area (Å²) in [7, 11) is 1.51. The van der Waals surface area contributed by atoms with Crippen LogP contribution >= 0.6 is 38.2 Å². The van der Waals surface area contributed by atoms with Crippen LogP contribution in [0.4, 0.5) is 0 Å². The van der Waals surface area contributed by atoms with Crippen molar-refractivity contribution in [1.82, 2.24) is 9.78 Å². The minimum atomic E-state index is -3.97. The van der Waals surface area contributed by atoms with E-state index < -0.39 is 9.05 Å². The summed E-state index contributed by atoms with van der Waals surface area (Å²) in [5.41, 5.74) is 0.992. The fourth-order valence-corrected chi connectivity index (χ4v) is 4.16. The molecule has 20 heavy (non-hydrogen) atoms. The first-order valence-corrected chi connectivity index (χ1v) is 9.19. The van der Waals surface area contributed by atoms with E-state index in [0.717, 1.165) is 4.47 Å². The smallest absolute Gasteiger partial charge is 0.219 e. The molecular formula is C12H11BrCl2N2O2S. The van der Waals surface area contributed by atoms with Crippen molar-refractivity contribution in [1.29, 1.82) is 0 Å². The summed E-state index contributed by atoms with van der Waals surface area (Å²) < 4.78 is 25.6. The molecule has 8 heteroatoms. The van der Waals surface area contributed by atoms with E-state index in [1.54, 1.807) is 6.07 Å². The van der Waals surface area contributed by atoms with Crippen LogP contribution in [0.1, 0.15) is 25.5 Å². The van der Waals surface area contributed by atoms with Gasteiger partial charge >= 0.3 is 0 Å². The van der Waals surface area contributed by atoms with Gasteiger partial charge in [0.1, 0.15) is 4.90 Å². The van der Waals surface area contributed by atoms with Crippen molar-refractivity contribution in [3.63, 3.8) is 0 Å². The first kappa shape index (κ1) is 15.8. The minimum absolute atomic E-state index is 0.0180. The van der Waals surface area contributed by atoms with Crippen molar-refractivity contribution in [2.45, 2.75) is 24.7 Å². The first-order chi connectivity index (χ1) is 9.23. The van der Waals surface area contributed by atoms with Crippen molar-refractivity contribution in [2.75, 3.05) is 0 Å². The lowest BCUT2D eigenvalue weighted by molar-refractivity contribution is 0.607. The number of aromatic nitrogens is 2. The number of para-hydroxylation sites is 1. The van der Waals surface area contributed by atoms with Crippen molar-refractivity contribution >= 4 is 47.3 Å². The largest absolute Gasteiger partial charge is 0.266 e. The van der Waals surface area contributed by atoms with Gasteiger partial charge in [0.05, 0.1) is 11.4 Å². The molecule has 4 nitrogen and oxygen atoms in total. The molecule has 0 amide bonds. The average Bonchev–Trinajstić information content (AvgIpc) is 2.67. The molecule has 1 aromatic heterocycles. The topological polar surface area (TPSA) is 52.0 Å². The Morgan fingerprint density at radius 1 is 1.30 bits per heavy atom. The van der Waals surface area contributed by atoms with E-state index in [1.807, 2.05) is 32.0 Å². The van der Waals surface area contributed by atoms with Gasteiger partial charge < -0.3 is 0 Å². The van der Waals surface area contributed by atoms with Gasteiger partial charge in [0, 0.05) is 15.2 Å². The van der Waals surface area contributed by atoms with E-state index in [4.69, 9.17) is 22.3 Å². The minimum Gasteiger partial charge on any atom is -0.219 e. The maximum atomic E-state index is 11.7. The van der Waals surface area contributed by atoms with E-state index in [-0.39, 0.29) is 16.0 Å². The molecule has 108 valence electrons. The van der Waals surface area contributed by atoms with Gasteiger partial charge in [-0.2, -0.15) is 5.10 Å². The fraction of sp³-hybridized carbons (Fsp3) is 0.250. The van der Waals surface area contributed by atoms with E-state index >= 15 is 0 Å². The number of hydrogen-bond acceptors (Lipinski definition) is 3. The zero-order valence-electron chi connectivity index (χ0n) is 10.6. The number of halogens is 3. The second-order valence-electron chi connectivity index (χ2n) is 4.46. The molecule has 0 spiro atoms. The van der Waals surface area contributed by atoms with Gasteiger partial charge in [-0.3, -0.25) is 0 Å². The molecule has 1 aromatic carbocycles. The van der Waals surface area contributed by atoms with Crippen LogP contribution < -0.4 is 0 Å². The second kappa shape index (κ2) is 5.67. The summed E-state index contributed by atoms with van der Waals surface area (Å²) in [5.74, 6) is -0.125. The van der Waals surface area contributed by atoms with E-state index in [0.29, 0.717) is 11.4 Å². The summed E-state index contributed by atoms with van der Waals surface area (Å²) in [5, 5.41) is 4.28. The van der Waals surface area contributed by atoms with E-state index in [2.05, 4.69) is 21.0 Å². The van der Waals surface area contributed by atoms with Gasteiger partial charge in [0.25, 0.3) is 9.05 Å². The Morgan fingerprint density at radius 2 is 1.90 bits per heavy atom. The Kier molecular flexibility index (Phi) is 4.49. The van der Waals surface area contributed by atoms with Crippen LogP contribution in [0.25, 0.3) is 5.69 Å². The molecular weight excluding hydrogens is 387 g/mol. The fourth-order valence-electron chi connectivity index (χ4n) is 1.79. The summed E-state index contributed by atoms with van der Waals surface area (Å²) >= 11 is 9.57. The quantitative estimate of drug-likeness (QED) is 0.723. The van der Waals surface area contributed by atoms with Crippen LogP contribution in [0.5, 0.6) is 0 Å². The van der Waals surface area contributed by atoms with Gasteiger partial charge in [-0.05, 0) is 34.0 Å². The lowest BCUT2D eigenvalue weighted by Crippen LogP contribution is -1.99. The predicted octanol–water partition coefficient (Wildman–Crippen LogP) is 4.34. The van der Waals surface area contributed by atoms with Crippen LogP contribution in [0.2, 0.25) is 5.15 Å².